The highest BCUT2D eigenvalue weighted by molar-refractivity contribution is 5.81. The van der Waals surface area contributed by atoms with Crippen LogP contribution in [0, 0.1) is 5.92 Å². The Morgan fingerprint density at radius 3 is 2.89 bits per heavy atom. The summed E-state index contributed by atoms with van der Waals surface area (Å²) in [5, 5.41) is 6.22. The number of hydrogen-bond donors (Lipinski definition) is 2. The average molecular weight is 264 g/mol. The minimum Gasteiger partial charge on any atom is -0.467 e. The standard InChI is InChI=1S/C15H24N2O2/c1-12(16-10-13-6-3-2-4-7-13)15(18)17-11-14-8-5-9-19-14/h5,8-9,12-13,16H,2-4,6-7,10-11H2,1H3,(H,17,18). The predicted molar refractivity (Wildman–Crippen MR) is 74.6 cm³/mol. The van der Waals surface area contributed by atoms with Crippen LogP contribution in [0.3, 0.4) is 0 Å². The van der Waals surface area contributed by atoms with Gasteiger partial charge < -0.3 is 15.1 Å². The maximum atomic E-state index is 11.9. The van der Waals surface area contributed by atoms with E-state index in [9.17, 15) is 4.79 Å². The van der Waals surface area contributed by atoms with Crippen LogP contribution in [0.4, 0.5) is 0 Å². The van der Waals surface area contributed by atoms with E-state index in [2.05, 4.69) is 10.6 Å². The summed E-state index contributed by atoms with van der Waals surface area (Å²) in [5.41, 5.74) is 0. The highest BCUT2D eigenvalue weighted by Crippen LogP contribution is 2.22. The van der Waals surface area contributed by atoms with E-state index in [-0.39, 0.29) is 11.9 Å². The summed E-state index contributed by atoms with van der Waals surface area (Å²) in [5.74, 6) is 1.56. The van der Waals surface area contributed by atoms with Crippen molar-refractivity contribution in [2.24, 2.45) is 5.92 Å². The van der Waals surface area contributed by atoms with Gasteiger partial charge in [-0.1, -0.05) is 19.3 Å². The summed E-state index contributed by atoms with van der Waals surface area (Å²) < 4.78 is 5.18. The van der Waals surface area contributed by atoms with Gasteiger partial charge in [-0.25, -0.2) is 0 Å². The zero-order chi connectivity index (χ0) is 13.5. The van der Waals surface area contributed by atoms with Gasteiger partial charge in [-0.2, -0.15) is 0 Å². The fourth-order valence-electron chi connectivity index (χ4n) is 2.57. The Morgan fingerprint density at radius 1 is 1.42 bits per heavy atom. The molecule has 0 aliphatic heterocycles. The van der Waals surface area contributed by atoms with Gasteiger partial charge >= 0.3 is 0 Å². The van der Waals surface area contributed by atoms with Gasteiger partial charge in [0.15, 0.2) is 0 Å². The van der Waals surface area contributed by atoms with Gasteiger partial charge in [0.25, 0.3) is 0 Å². The zero-order valence-corrected chi connectivity index (χ0v) is 11.7. The molecule has 0 radical (unpaired) electrons. The van der Waals surface area contributed by atoms with E-state index >= 15 is 0 Å². The Hall–Kier alpha value is -1.29. The van der Waals surface area contributed by atoms with E-state index in [4.69, 9.17) is 4.42 Å². The second-order valence-corrected chi connectivity index (χ2v) is 5.43. The molecule has 1 heterocycles. The molecule has 0 spiro atoms. The summed E-state index contributed by atoms with van der Waals surface area (Å²) >= 11 is 0. The van der Waals surface area contributed by atoms with Gasteiger partial charge in [0.2, 0.25) is 5.91 Å². The lowest BCUT2D eigenvalue weighted by molar-refractivity contribution is -0.123. The van der Waals surface area contributed by atoms with Crippen molar-refractivity contribution >= 4 is 5.91 Å². The minimum absolute atomic E-state index is 0.0345. The van der Waals surface area contributed by atoms with Crippen molar-refractivity contribution < 1.29 is 9.21 Å². The molecule has 1 aliphatic rings. The van der Waals surface area contributed by atoms with E-state index in [0.717, 1.165) is 18.2 Å². The smallest absolute Gasteiger partial charge is 0.237 e. The monoisotopic (exact) mass is 264 g/mol. The molecule has 0 bridgehead atoms. The maximum Gasteiger partial charge on any atom is 0.237 e. The molecule has 19 heavy (non-hydrogen) atoms. The molecule has 1 aromatic rings. The maximum absolute atomic E-state index is 11.9. The summed E-state index contributed by atoms with van der Waals surface area (Å²) in [4.78, 5) is 11.9. The Kier molecular flexibility index (Phi) is 5.45. The number of hydrogen-bond acceptors (Lipinski definition) is 3. The van der Waals surface area contributed by atoms with E-state index < -0.39 is 0 Å². The molecule has 1 unspecified atom stereocenters. The van der Waals surface area contributed by atoms with Crippen LogP contribution in [0.1, 0.15) is 44.8 Å². The molecule has 1 aliphatic carbocycles. The van der Waals surface area contributed by atoms with Gasteiger partial charge in [-0.3, -0.25) is 4.79 Å². The van der Waals surface area contributed by atoms with Crippen molar-refractivity contribution in [3.05, 3.63) is 24.2 Å². The molecule has 2 rings (SSSR count). The molecule has 1 fully saturated rings. The molecule has 0 aromatic carbocycles. The van der Waals surface area contributed by atoms with Crippen LogP contribution >= 0.6 is 0 Å². The van der Waals surface area contributed by atoms with Crippen LogP contribution in [0.5, 0.6) is 0 Å². The molecule has 1 aromatic heterocycles. The van der Waals surface area contributed by atoms with Crippen molar-refractivity contribution in [2.75, 3.05) is 6.54 Å². The van der Waals surface area contributed by atoms with E-state index in [0.29, 0.717) is 6.54 Å². The molecule has 1 amide bonds. The third kappa shape index (κ3) is 4.71. The number of carbonyl (C=O) groups excluding carboxylic acids is 1. The third-order valence-corrected chi connectivity index (χ3v) is 3.85. The summed E-state index contributed by atoms with van der Waals surface area (Å²) in [7, 11) is 0. The first-order chi connectivity index (χ1) is 9.25. The van der Waals surface area contributed by atoms with Crippen molar-refractivity contribution in [3.8, 4) is 0 Å². The second kappa shape index (κ2) is 7.34. The van der Waals surface area contributed by atoms with Gasteiger partial charge in [0.1, 0.15) is 5.76 Å². The SMILES string of the molecule is CC(NCC1CCCCC1)C(=O)NCc1ccco1. The Morgan fingerprint density at radius 2 is 2.21 bits per heavy atom. The first-order valence-corrected chi connectivity index (χ1v) is 7.29. The minimum atomic E-state index is -0.142. The number of rotatable bonds is 6. The van der Waals surface area contributed by atoms with E-state index in [1.807, 2.05) is 19.1 Å². The molecular formula is C15H24N2O2. The second-order valence-electron chi connectivity index (χ2n) is 5.43. The number of nitrogens with one attached hydrogen (secondary N) is 2. The van der Waals surface area contributed by atoms with Crippen LogP contribution in [0.25, 0.3) is 0 Å². The zero-order valence-electron chi connectivity index (χ0n) is 11.7. The topological polar surface area (TPSA) is 54.3 Å². The summed E-state index contributed by atoms with van der Waals surface area (Å²) in [6.07, 6.45) is 8.26. The number of amides is 1. The van der Waals surface area contributed by atoms with Gasteiger partial charge in [0.05, 0.1) is 18.8 Å². The molecule has 4 nitrogen and oxygen atoms in total. The van der Waals surface area contributed by atoms with Crippen molar-refractivity contribution in [1.82, 2.24) is 10.6 Å². The lowest BCUT2D eigenvalue weighted by Gasteiger charge is -2.23. The van der Waals surface area contributed by atoms with Gasteiger partial charge in [-0.15, -0.1) is 0 Å². The first kappa shape index (κ1) is 14.1. The summed E-state index contributed by atoms with van der Waals surface area (Å²) in [6, 6.07) is 3.55. The predicted octanol–water partition coefficient (Wildman–Crippen LogP) is 2.45. The lowest BCUT2D eigenvalue weighted by Crippen LogP contribution is -2.43. The fourth-order valence-corrected chi connectivity index (χ4v) is 2.57. The Balaban J connectivity index is 1.64. The van der Waals surface area contributed by atoms with Crippen LogP contribution < -0.4 is 10.6 Å². The molecule has 4 heteroatoms. The normalized spacial score (nSPS) is 18.2. The van der Waals surface area contributed by atoms with Crippen LogP contribution in [-0.2, 0) is 11.3 Å². The van der Waals surface area contributed by atoms with Crippen LogP contribution in [-0.4, -0.2) is 18.5 Å². The van der Waals surface area contributed by atoms with Crippen molar-refractivity contribution in [2.45, 2.75) is 51.6 Å². The highest BCUT2D eigenvalue weighted by atomic mass is 16.3. The lowest BCUT2D eigenvalue weighted by atomic mass is 9.89. The number of furan rings is 1. The molecule has 0 saturated heterocycles. The summed E-state index contributed by atoms with van der Waals surface area (Å²) in [6.45, 7) is 3.33. The number of carbonyl (C=O) groups is 1. The molecular weight excluding hydrogens is 240 g/mol. The Bertz CT molecular complexity index is 370. The molecule has 106 valence electrons. The third-order valence-electron chi connectivity index (χ3n) is 3.85. The van der Waals surface area contributed by atoms with E-state index in [1.165, 1.54) is 32.1 Å². The first-order valence-electron chi connectivity index (χ1n) is 7.29. The van der Waals surface area contributed by atoms with Crippen LogP contribution in [0.2, 0.25) is 0 Å². The van der Waals surface area contributed by atoms with Crippen molar-refractivity contribution in [3.63, 3.8) is 0 Å². The molecule has 1 atom stereocenters. The van der Waals surface area contributed by atoms with Gasteiger partial charge in [-0.05, 0) is 44.4 Å². The largest absolute Gasteiger partial charge is 0.467 e. The van der Waals surface area contributed by atoms with E-state index in [1.54, 1.807) is 6.26 Å². The van der Waals surface area contributed by atoms with Crippen LogP contribution in [0.15, 0.2) is 22.8 Å². The average Bonchev–Trinajstić information content (AvgIpc) is 2.96. The quantitative estimate of drug-likeness (QED) is 0.830. The molecule has 2 N–H and O–H groups in total. The highest BCUT2D eigenvalue weighted by Gasteiger charge is 2.17. The van der Waals surface area contributed by atoms with Crippen molar-refractivity contribution in [1.29, 1.82) is 0 Å². The fraction of sp³-hybridized carbons (Fsp3) is 0.667. The van der Waals surface area contributed by atoms with Gasteiger partial charge in [0, 0.05) is 0 Å². The Labute approximate surface area is 114 Å². The molecule has 1 saturated carbocycles.